The Hall–Kier alpha value is -3.09. The van der Waals surface area contributed by atoms with Crippen LogP contribution in [-0.4, -0.2) is 53.1 Å². The molecule has 7 nitrogen and oxygen atoms in total. The molecule has 0 unspecified atom stereocenters. The molecule has 0 bridgehead atoms. The highest BCUT2D eigenvalue weighted by atomic mass is 16.5. The first kappa shape index (κ1) is 23.6. The first-order chi connectivity index (χ1) is 17.0. The van der Waals surface area contributed by atoms with E-state index in [0.717, 1.165) is 81.0 Å². The zero-order valence-electron chi connectivity index (χ0n) is 20.3. The van der Waals surface area contributed by atoms with E-state index in [9.17, 15) is 14.7 Å². The van der Waals surface area contributed by atoms with Crippen LogP contribution in [0, 0.1) is 5.92 Å². The molecule has 0 saturated carbocycles. The van der Waals surface area contributed by atoms with Gasteiger partial charge in [0.25, 0.3) is 0 Å². The molecule has 1 saturated heterocycles. The van der Waals surface area contributed by atoms with Crippen LogP contribution in [0.25, 0.3) is 0 Å². The number of carbonyl (C=O) groups is 2. The number of nitrogens with zero attached hydrogens (tertiary/aromatic N) is 2. The van der Waals surface area contributed by atoms with Gasteiger partial charge in [0.1, 0.15) is 11.6 Å². The summed E-state index contributed by atoms with van der Waals surface area (Å²) in [7, 11) is 0. The molecular formula is C28H35N3O4. The molecule has 5 rings (SSSR count). The molecule has 7 heteroatoms. The summed E-state index contributed by atoms with van der Waals surface area (Å²) in [6.07, 6.45) is 7.07. The van der Waals surface area contributed by atoms with E-state index in [2.05, 4.69) is 29.6 Å². The summed E-state index contributed by atoms with van der Waals surface area (Å²) in [4.78, 5) is 31.1. The van der Waals surface area contributed by atoms with Crippen molar-refractivity contribution in [3.63, 3.8) is 0 Å². The Morgan fingerprint density at radius 2 is 1.97 bits per heavy atom. The van der Waals surface area contributed by atoms with Gasteiger partial charge < -0.3 is 20.1 Å². The number of fused-ring (bicyclic) bond motifs is 2. The van der Waals surface area contributed by atoms with Crippen molar-refractivity contribution in [3.8, 4) is 5.75 Å². The minimum Gasteiger partial charge on any atom is -0.493 e. The van der Waals surface area contributed by atoms with Gasteiger partial charge in [0, 0.05) is 38.2 Å². The molecule has 1 atom stereocenters. The Morgan fingerprint density at radius 1 is 1.14 bits per heavy atom. The van der Waals surface area contributed by atoms with Gasteiger partial charge in [-0.1, -0.05) is 18.2 Å². The molecule has 1 amide bonds. The van der Waals surface area contributed by atoms with Gasteiger partial charge in [0.2, 0.25) is 5.91 Å². The van der Waals surface area contributed by atoms with Gasteiger partial charge in [-0.05, 0) is 79.2 Å². The highest BCUT2D eigenvalue weighted by molar-refractivity contribution is 5.76. The maximum Gasteiger partial charge on any atom is 0.303 e. The van der Waals surface area contributed by atoms with Crippen LogP contribution in [0.2, 0.25) is 0 Å². The summed E-state index contributed by atoms with van der Waals surface area (Å²) in [5.74, 6) is 1.70. The Bertz CT molecular complexity index is 1080. The van der Waals surface area contributed by atoms with E-state index in [-0.39, 0.29) is 18.2 Å². The zero-order valence-corrected chi connectivity index (χ0v) is 20.3. The number of pyridine rings is 1. The lowest BCUT2D eigenvalue weighted by Crippen LogP contribution is -2.39. The highest BCUT2D eigenvalue weighted by Gasteiger charge is 2.27. The van der Waals surface area contributed by atoms with E-state index in [1.807, 2.05) is 11.0 Å². The topological polar surface area (TPSA) is 91.8 Å². The summed E-state index contributed by atoms with van der Waals surface area (Å²) in [6, 6.07) is 10.4. The Morgan fingerprint density at radius 3 is 2.80 bits per heavy atom. The minimum atomic E-state index is -0.769. The van der Waals surface area contributed by atoms with Gasteiger partial charge >= 0.3 is 5.97 Å². The quantitative estimate of drug-likeness (QED) is 0.592. The molecule has 35 heavy (non-hydrogen) atoms. The van der Waals surface area contributed by atoms with Gasteiger partial charge in [-0.15, -0.1) is 0 Å². The number of hydrogen-bond donors (Lipinski definition) is 2. The third kappa shape index (κ3) is 5.77. The van der Waals surface area contributed by atoms with Crippen molar-refractivity contribution in [1.29, 1.82) is 0 Å². The van der Waals surface area contributed by atoms with Crippen molar-refractivity contribution in [2.45, 2.75) is 63.7 Å². The summed E-state index contributed by atoms with van der Waals surface area (Å²) in [5, 5.41) is 12.9. The number of aromatic nitrogens is 1. The summed E-state index contributed by atoms with van der Waals surface area (Å²) in [5.41, 5.74) is 4.49. The lowest BCUT2D eigenvalue weighted by Gasteiger charge is -2.33. The molecule has 1 aromatic heterocycles. The van der Waals surface area contributed by atoms with Crippen LogP contribution in [0.4, 0.5) is 5.82 Å². The first-order valence-electron chi connectivity index (χ1n) is 13.0. The van der Waals surface area contributed by atoms with Gasteiger partial charge in [-0.2, -0.15) is 0 Å². The molecule has 4 heterocycles. The molecule has 2 aromatic rings. The van der Waals surface area contributed by atoms with Gasteiger partial charge in [-0.25, -0.2) is 4.98 Å². The molecule has 1 aromatic carbocycles. The number of carbonyl (C=O) groups excluding carboxylic acids is 1. The number of rotatable bonds is 8. The Kier molecular flexibility index (Phi) is 7.21. The number of carboxylic acid groups (broad SMARTS) is 1. The molecule has 2 N–H and O–H groups in total. The fourth-order valence-electron chi connectivity index (χ4n) is 5.71. The minimum absolute atomic E-state index is 0.0297. The monoisotopic (exact) mass is 477 g/mol. The molecule has 3 aliphatic rings. The van der Waals surface area contributed by atoms with Gasteiger partial charge in [0.15, 0.2) is 0 Å². The number of ether oxygens (including phenoxy) is 1. The number of amides is 1. The fraction of sp³-hybridized carbons (Fsp3) is 0.536. The number of carboxylic acids is 1. The van der Waals surface area contributed by atoms with Crippen LogP contribution in [0.5, 0.6) is 5.75 Å². The second-order valence-corrected chi connectivity index (χ2v) is 10.2. The average Bonchev–Trinajstić information content (AvgIpc) is 3.35. The normalized spacial score (nSPS) is 18.2. The SMILES string of the molecule is O=C(O)C[C@@H](CC1CCN(C(=O)CCc2ccc3c(n2)NCCC3)CC1)c1ccc2c(c1)OCC2. The Labute approximate surface area is 206 Å². The van der Waals surface area contributed by atoms with E-state index in [4.69, 9.17) is 9.72 Å². The molecule has 0 spiro atoms. The van der Waals surface area contributed by atoms with Crippen LogP contribution in [0.15, 0.2) is 30.3 Å². The average molecular weight is 478 g/mol. The highest BCUT2D eigenvalue weighted by Crippen LogP contribution is 2.36. The number of aryl methyl sites for hydroxylation is 2. The summed E-state index contributed by atoms with van der Waals surface area (Å²) in [6.45, 7) is 3.16. The maximum absolute atomic E-state index is 12.9. The molecule has 186 valence electrons. The third-order valence-corrected chi connectivity index (χ3v) is 7.74. The van der Waals surface area contributed by atoms with Crippen molar-refractivity contribution < 1.29 is 19.4 Å². The maximum atomic E-state index is 12.9. The van der Waals surface area contributed by atoms with E-state index in [0.29, 0.717) is 25.4 Å². The predicted octanol–water partition coefficient (Wildman–Crippen LogP) is 4.19. The lowest BCUT2D eigenvalue weighted by atomic mass is 9.82. The standard InChI is InChI=1S/C28H35N3O4/c32-26(8-7-24-6-5-21-2-1-12-29-28(21)30-24)31-13-9-19(10-14-31)16-23(18-27(33)34)22-4-3-20-11-15-35-25(20)17-22/h3-6,17,19,23H,1-2,7-16,18H2,(H,29,30)(H,33,34)/t23-/m1/s1. The van der Waals surface area contributed by atoms with Crippen molar-refractivity contribution in [3.05, 3.63) is 52.7 Å². The number of piperidine rings is 1. The number of nitrogens with one attached hydrogen (secondary N) is 1. The van der Waals surface area contributed by atoms with E-state index >= 15 is 0 Å². The number of anilines is 1. The first-order valence-corrected chi connectivity index (χ1v) is 13.0. The molecule has 1 fully saturated rings. The van der Waals surface area contributed by atoms with Crippen LogP contribution >= 0.6 is 0 Å². The second kappa shape index (κ2) is 10.7. The zero-order chi connectivity index (χ0) is 24.2. The van der Waals surface area contributed by atoms with Crippen molar-refractivity contribution in [2.24, 2.45) is 5.92 Å². The predicted molar refractivity (Wildman–Crippen MR) is 134 cm³/mol. The van der Waals surface area contributed by atoms with Crippen molar-refractivity contribution in [2.75, 3.05) is 31.6 Å². The third-order valence-electron chi connectivity index (χ3n) is 7.74. The number of likely N-dealkylation sites (tertiary alicyclic amines) is 1. The second-order valence-electron chi connectivity index (χ2n) is 10.2. The smallest absolute Gasteiger partial charge is 0.303 e. The van der Waals surface area contributed by atoms with E-state index in [1.165, 1.54) is 11.1 Å². The van der Waals surface area contributed by atoms with E-state index in [1.54, 1.807) is 0 Å². The number of aliphatic carboxylic acids is 1. The molecule has 0 radical (unpaired) electrons. The van der Waals surface area contributed by atoms with E-state index < -0.39 is 5.97 Å². The lowest BCUT2D eigenvalue weighted by molar-refractivity contribution is -0.137. The van der Waals surface area contributed by atoms with Crippen LogP contribution in [0.1, 0.15) is 66.8 Å². The van der Waals surface area contributed by atoms with Crippen LogP contribution < -0.4 is 10.1 Å². The molecular weight excluding hydrogens is 442 g/mol. The molecule has 3 aliphatic heterocycles. The Balaban J connectivity index is 1.12. The number of benzene rings is 1. The van der Waals surface area contributed by atoms with Gasteiger partial charge in [-0.3, -0.25) is 9.59 Å². The van der Waals surface area contributed by atoms with Crippen LogP contribution in [0.3, 0.4) is 0 Å². The largest absolute Gasteiger partial charge is 0.493 e. The van der Waals surface area contributed by atoms with Crippen molar-refractivity contribution in [1.82, 2.24) is 9.88 Å². The van der Waals surface area contributed by atoms with Gasteiger partial charge in [0.05, 0.1) is 13.0 Å². The van der Waals surface area contributed by atoms with Crippen molar-refractivity contribution >= 4 is 17.7 Å². The fourth-order valence-corrected chi connectivity index (χ4v) is 5.71. The molecule has 0 aliphatic carbocycles. The summed E-state index contributed by atoms with van der Waals surface area (Å²) >= 11 is 0. The van der Waals surface area contributed by atoms with Crippen LogP contribution in [-0.2, 0) is 28.9 Å². The summed E-state index contributed by atoms with van der Waals surface area (Å²) < 4.78 is 5.71. The number of hydrogen-bond acceptors (Lipinski definition) is 5.